The molecule has 124 valence electrons. The van der Waals surface area contributed by atoms with E-state index in [-0.39, 0.29) is 12.1 Å². The number of carboxylic acids is 1. The zero-order chi connectivity index (χ0) is 17.0. The molecule has 1 amide bonds. The van der Waals surface area contributed by atoms with Gasteiger partial charge in [0.1, 0.15) is 5.82 Å². The number of hydrogen-bond donors (Lipinski definition) is 1. The summed E-state index contributed by atoms with van der Waals surface area (Å²) < 4.78 is 13.8. The molecule has 0 unspecified atom stereocenters. The van der Waals surface area contributed by atoms with Crippen molar-refractivity contribution in [1.82, 2.24) is 4.90 Å². The van der Waals surface area contributed by atoms with E-state index in [0.717, 1.165) is 5.57 Å². The van der Waals surface area contributed by atoms with Crippen molar-refractivity contribution in [3.63, 3.8) is 0 Å². The highest BCUT2D eigenvalue weighted by molar-refractivity contribution is 5.95. The maximum atomic E-state index is 13.8. The number of piperidine rings is 1. The molecule has 1 aliphatic rings. The van der Waals surface area contributed by atoms with Crippen molar-refractivity contribution in [2.45, 2.75) is 33.1 Å². The van der Waals surface area contributed by atoms with Crippen LogP contribution in [0.2, 0.25) is 0 Å². The molecule has 1 aliphatic heterocycles. The summed E-state index contributed by atoms with van der Waals surface area (Å²) in [5.41, 5.74) is 0.0512. The predicted octanol–water partition coefficient (Wildman–Crippen LogP) is 3.49. The summed E-state index contributed by atoms with van der Waals surface area (Å²) >= 11 is 0. The van der Waals surface area contributed by atoms with Crippen LogP contribution in [0.25, 0.3) is 0 Å². The van der Waals surface area contributed by atoms with Gasteiger partial charge in [-0.3, -0.25) is 9.59 Å². The maximum Gasteiger partial charge on any atom is 0.311 e. The summed E-state index contributed by atoms with van der Waals surface area (Å²) in [6.45, 7) is 4.40. The van der Waals surface area contributed by atoms with Crippen molar-refractivity contribution in [2.75, 3.05) is 13.1 Å². The van der Waals surface area contributed by atoms with E-state index in [1.54, 1.807) is 6.07 Å². The summed E-state index contributed by atoms with van der Waals surface area (Å²) in [5.74, 6) is -1.92. The maximum absolute atomic E-state index is 13.8. The van der Waals surface area contributed by atoms with Crippen LogP contribution in [0.5, 0.6) is 0 Å². The van der Waals surface area contributed by atoms with E-state index in [2.05, 4.69) is 0 Å². The minimum atomic E-state index is -0.990. The molecule has 0 aromatic heterocycles. The summed E-state index contributed by atoms with van der Waals surface area (Å²) in [6, 6.07) is 5.81. The third-order valence-corrected chi connectivity index (χ3v) is 4.32. The molecule has 1 saturated heterocycles. The van der Waals surface area contributed by atoms with Crippen molar-refractivity contribution in [2.24, 2.45) is 5.41 Å². The average molecular weight is 319 g/mol. The Labute approximate surface area is 135 Å². The quantitative estimate of drug-likeness (QED) is 0.864. The van der Waals surface area contributed by atoms with Crippen molar-refractivity contribution in [3.05, 3.63) is 47.3 Å². The molecule has 0 radical (unpaired) electrons. The van der Waals surface area contributed by atoms with Crippen molar-refractivity contribution in [1.29, 1.82) is 0 Å². The summed E-state index contributed by atoms with van der Waals surface area (Å²) in [4.78, 5) is 25.8. The summed E-state index contributed by atoms with van der Waals surface area (Å²) in [7, 11) is 0. The summed E-state index contributed by atoms with van der Waals surface area (Å²) in [5, 5.41) is 9.69. The van der Waals surface area contributed by atoms with Crippen molar-refractivity contribution >= 4 is 11.9 Å². The van der Waals surface area contributed by atoms with E-state index in [4.69, 9.17) is 0 Å². The number of allylic oxidation sites excluding steroid dienone is 2. The fraction of sp³-hybridized carbons (Fsp3) is 0.444. The molecule has 1 heterocycles. The lowest BCUT2D eigenvalue weighted by atomic mass is 9.76. The molecule has 5 heteroatoms. The van der Waals surface area contributed by atoms with Gasteiger partial charge < -0.3 is 10.0 Å². The Morgan fingerprint density at radius 3 is 2.65 bits per heavy atom. The number of carbonyl (C=O) groups excluding carboxylic acids is 1. The van der Waals surface area contributed by atoms with Gasteiger partial charge in [-0.15, -0.1) is 0 Å². The molecule has 1 N–H and O–H groups in total. The molecule has 0 saturated carbocycles. The highest BCUT2D eigenvalue weighted by Gasteiger charge is 2.43. The topological polar surface area (TPSA) is 57.6 Å². The zero-order valence-electron chi connectivity index (χ0n) is 13.5. The van der Waals surface area contributed by atoms with Crippen molar-refractivity contribution < 1.29 is 19.1 Å². The first-order chi connectivity index (χ1) is 10.9. The standard InChI is InChI=1S/C18H22FNO3/c1-13(2)8-10-18(17(22)23)9-5-11-20(12-18)16(21)14-6-3-4-7-15(14)19/h3-4,6-8H,5,9-12H2,1-2H3,(H,22,23)/t18-/m0/s1. The first-order valence-electron chi connectivity index (χ1n) is 7.76. The molecule has 1 aromatic carbocycles. The van der Waals surface area contributed by atoms with Gasteiger partial charge in [0.15, 0.2) is 0 Å². The molecular weight excluding hydrogens is 297 g/mol. The normalized spacial score (nSPS) is 20.9. The van der Waals surface area contributed by atoms with E-state index in [1.807, 2.05) is 19.9 Å². The van der Waals surface area contributed by atoms with Crippen LogP contribution in [0, 0.1) is 11.2 Å². The minimum absolute atomic E-state index is 0.00379. The molecule has 0 spiro atoms. The van der Waals surface area contributed by atoms with Crippen LogP contribution in [0.4, 0.5) is 4.39 Å². The Hall–Kier alpha value is -2.17. The fourth-order valence-corrected chi connectivity index (χ4v) is 2.94. The second kappa shape index (κ2) is 6.94. The van der Waals surface area contributed by atoms with E-state index in [1.165, 1.54) is 23.1 Å². The number of amides is 1. The Morgan fingerprint density at radius 1 is 1.35 bits per heavy atom. The molecular formula is C18H22FNO3. The van der Waals surface area contributed by atoms with Gasteiger partial charge in [-0.1, -0.05) is 23.8 Å². The number of rotatable bonds is 4. The summed E-state index contributed by atoms with van der Waals surface area (Å²) in [6.07, 6.45) is 3.40. The van der Waals surface area contributed by atoms with E-state index < -0.39 is 23.1 Å². The minimum Gasteiger partial charge on any atom is -0.481 e. The first-order valence-corrected chi connectivity index (χ1v) is 7.76. The Morgan fingerprint density at radius 2 is 2.04 bits per heavy atom. The Kier molecular flexibility index (Phi) is 5.19. The van der Waals surface area contributed by atoms with E-state index in [0.29, 0.717) is 25.8 Å². The van der Waals surface area contributed by atoms with Gasteiger partial charge in [0.05, 0.1) is 11.0 Å². The van der Waals surface area contributed by atoms with Gasteiger partial charge >= 0.3 is 5.97 Å². The van der Waals surface area contributed by atoms with E-state index >= 15 is 0 Å². The Balaban J connectivity index is 2.25. The van der Waals surface area contributed by atoms with Crippen molar-refractivity contribution in [3.8, 4) is 0 Å². The smallest absolute Gasteiger partial charge is 0.311 e. The van der Waals surface area contributed by atoms with Crippen LogP contribution < -0.4 is 0 Å². The van der Waals surface area contributed by atoms with Gasteiger partial charge in [-0.2, -0.15) is 0 Å². The lowest BCUT2D eigenvalue weighted by Crippen LogP contribution is -2.50. The van der Waals surface area contributed by atoms with Gasteiger partial charge in [-0.05, 0) is 45.2 Å². The van der Waals surface area contributed by atoms with Crippen LogP contribution in [0.15, 0.2) is 35.9 Å². The molecule has 2 rings (SSSR count). The second-order valence-corrected chi connectivity index (χ2v) is 6.38. The monoisotopic (exact) mass is 319 g/mol. The van der Waals surface area contributed by atoms with Gasteiger partial charge in [0.2, 0.25) is 0 Å². The highest BCUT2D eigenvalue weighted by atomic mass is 19.1. The number of carbonyl (C=O) groups is 2. The van der Waals surface area contributed by atoms with Crippen LogP contribution >= 0.6 is 0 Å². The average Bonchev–Trinajstić information content (AvgIpc) is 2.53. The SMILES string of the molecule is CC(C)=CC[C@@]1(C(=O)O)CCCN(C(=O)c2ccccc2F)C1. The van der Waals surface area contributed by atoms with Gasteiger partial charge in [0.25, 0.3) is 5.91 Å². The zero-order valence-corrected chi connectivity index (χ0v) is 13.5. The number of nitrogens with zero attached hydrogens (tertiary/aromatic N) is 1. The van der Waals surface area contributed by atoms with Gasteiger partial charge in [-0.25, -0.2) is 4.39 Å². The van der Waals surface area contributed by atoms with Crippen LogP contribution in [-0.2, 0) is 4.79 Å². The third kappa shape index (κ3) is 3.78. The predicted molar refractivity (Wildman–Crippen MR) is 85.7 cm³/mol. The molecule has 4 nitrogen and oxygen atoms in total. The number of aliphatic carboxylic acids is 1. The van der Waals surface area contributed by atoms with Crippen LogP contribution in [0.3, 0.4) is 0 Å². The molecule has 0 aliphatic carbocycles. The largest absolute Gasteiger partial charge is 0.481 e. The molecule has 1 atom stereocenters. The lowest BCUT2D eigenvalue weighted by molar-refractivity contribution is -0.151. The number of likely N-dealkylation sites (tertiary alicyclic amines) is 1. The van der Waals surface area contributed by atoms with Crippen LogP contribution in [0.1, 0.15) is 43.5 Å². The molecule has 0 bridgehead atoms. The number of carboxylic acid groups (broad SMARTS) is 1. The number of halogens is 1. The second-order valence-electron chi connectivity index (χ2n) is 6.38. The Bertz CT molecular complexity index is 637. The molecule has 23 heavy (non-hydrogen) atoms. The molecule has 1 fully saturated rings. The highest BCUT2D eigenvalue weighted by Crippen LogP contribution is 2.35. The van der Waals surface area contributed by atoms with Gasteiger partial charge in [0, 0.05) is 13.1 Å². The van der Waals surface area contributed by atoms with Crippen LogP contribution in [-0.4, -0.2) is 35.0 Å². The lowest BCUT2D eigenvalue weighted by Gasteiger charge is -2.39. The number of benzene rings is 1. The molecule has 1 aromatic rings. The van der Waals surface area contributed by atoms with E-state index in [9.17, 15) is 19.1 Å². The fourth-order valence-electron chi connectivity index (χ4n) is 2.94. The third-order valence-electron chi connectivity index (χ3n) is 4.32. The first kappa shape index (κ1) is 17.2. The number of hydrogen-bond acceptors (Lipinski definition) is 2.